The molecule has 0 aliphatic heterocycles. The second-order valence-electron chi connectivity index (χ2n) is 4.32. The van der Waals surface area contributed by atoms with E-state index in [0.717, 1.165) is 0 Å². The predicted octanol–water partition coefficient (Wildman–Crippen LogP) is 2.74. The van der Waals surface area contributed by atoms with Crippen LogP contribution in [0.4, 0.5) is 13.2 Å². The number of halogens is 4. The Morgan fingerprint density at radius 1 is 1.30 bits per heavy atom. The lowest BCUT2D eigenvalue weighted by Gasteiger charge is -2.28. The third-order valence-corrected chi connectivity index (χ3v) is 4.23. The van der Waals surface area contributed by atoms with Crippen LogP contribution in [0.5, 0.6) is 0 Å². The van der Waals surface area contributed by atoms with E-state index in [1.807, 2.05) is 22.6 Å². The van der Waals surface area contributed by atoms with Crippen molar-refractivity contribution in [3.63, 3.8) is 0 Å². The third kappa shape index (κ3) is 3.05. The van der Waals surface area contributed by atoms with Gasteiger partial charge in [0.15, 0.2) is 0 Å². The zero-order chi connectivity index (χ0) is 15.7. The molecule has 0 aromatic heterocycles. The maximum absolute atomic E-state index is 12.8. The number of amides is 1. The van der Waals surface area contributed by atoms with Crippen LogP contribution in [0.2, 0.25) is 0 Å². The molecule has 1 aromatic rings. The molecule has 20 heavy (non-hydrogen) atoms. The molecule has 0 aliphatic carbocycles. The van der Waals surface area contributed by atoms with E-state index in [1.165, 1.54) is 12.1 Å². The van der Waals surface area contributed by atoms with Crippen molar-refractivity contribution in [3.05, 3.63) is 32.9 Å². The van der Waals surface area contributed by atoms with Crippen LogP contribution in [0.25, 0.3) is 0 Å². The first kappa shape index (κ1) is 16.7. The van der Waals surface area contributed by atoms with Crippen LogP contribution in [-0.2, 0) is 4.79 Å². The Balaban J connectivity index is 3.17. The summed E-state index contributed by atoms with van der Waals surface area (Å²) in [5, 5.41) is 10.3. The van der Waals surface area contributed by atoms with Crippen molar-refractivity contribution in [1.29, 1.82) is 0 Å². The van der Waals surface area contributed by atoms with E-state index in [0.29, 0.717) is 16.1 Å². The molecule has 1 atom stereocenters. The van der Waals surface area contributed by atoms with Crippen LogP contribution in [0.15, 0.2) is 18.2 Å². The Morgan fingerprint density at radius 2 is 1.85 bits per heavy atom. The zero-order valence-electron chi connectivity index (χ0n) is 10.5. The molecule has 0 saturated carbocycles. The van der Waals surface area contributed by atoms with Gasteiger partial charge in [0.05, 0.1) is 5.56 Å². The molecule has 8 heteroatoms. The first-order chi connectivity index (χ1) is 9.00. The normalized spacial score (nSPS) is 14.5. The lowest BCUT2D eigenvalue weighted by atomic mass is 10.0. The van der Waals surface area contributed by atoms with Gasteiger partial charge in [0.1, 0.15) is 0 Å². The second-order valence-corrected chi connectivity index (χ2v) is 5.40. The summed E-state index contributed by atoms with van der Waals surface area (Å²) in [5.74, 6) is -3.25. The molecule has 1 aromatic carbocycles. The monoisotopic (exact) mass is 401 g/mol. The molecule has 0 bridgehead atoms. The fourth-order valence-electron chi connectivity index (χ4n) is 1.36. The Bertz CT molecular complexity index is 559. The molecular weight excluding hydrogens is 390 g/mol. The molecule has 1 rings (SSSR count). The highest BCUT2D eigenvalue weighted by Gasteiger charge is 2.58. The first-order valence-corrected chi connectivity index (χ1v) is 6.46. The summed E-state index contributed by atoms with van der Waals surface area (Å²) < 4.78 is 38.9. The minimum atomic E-state index is -5.11. The number of nitrogens with one attached hydrogen (secondary N) is 1. The van der Waals surface area contributed by atoms with Crippen molar-refractivity contribution < 1.29 is 27.9 Å². The fraction of sp³-hybridized carbons (Fsp3) is 0.333. The van der Waals surface area contributed by atoms with Crippen LogP contribution in [0.1, 0.15) is 22.8 Å². The number of benzene rings is 1. The van der Waals surface area contributed by atoms with Gasteiger partial charge in [-0.2, -0.15) is 13.2 Å². The molecule has 0 saturated heterocycles. The predicted molar refractivity (Wildman–Crippen MR) is 73.5 cm³/mol. The van der Waals surface area contributed by atoms with E-state index in [1.54, 1.807) is 18.3 Å². The molecule has 2 N–H and O–H groups in total. The van der Waals surface area contributed by atoms with Gasteiger partial charge >= 0.3 is 12.1 Å². The summed E-state index contributed by atoms with van der Waals surface area (Å²) >= 11 is 1.82. The number of hydrogen-bond acceptors (Lipinski definition) is 2. The van der Waals surface area contributed by atoms with Crippen molar-refractivity contribution in [2.24, 2.45) is 0 Å². The molecule has 0 fully saturated rings. The van der Waals surface area contributed by atoms with Gasteiger partial charge in [0, 0.05) is 3.57 Å². The van der Waals surface area contributed by atoms with E-state index in [2.05, 4.69) is 0 Å². The maximum Gasteiger partial charge on any atom is 0.422 e. The fourth-order valence-corrected chi connectivity index (χ4v) is 1.97. The number of aliphatic carboxylic acids is 1. The molecule has 110 valence electrons. The minimum Gasteiger partial charge on any atom is -0.479 e. The SMILES string of the molecule is Cc1cccc(C(=O)NC(C)(C(=O)O)C(F)(F)F)c1I. The highest BCUT2D eigenvalue weighted by atomic mass is 127. The Labute approximate surface area is 126 Å². The lowest BCUT2D eigenvalue weighted by molar-refractivity contribution is -0.203. The van der Waals surface area contributed by atoms with Crippen molar-refractivity contribution >= 4 is 34.5 Å². The number of aryl methyl sites for hydroxylation is 1. The number of carbonyl (C=O) groups excluding carboxylic acids is 1. The molecule has 4 nitrogen and oxygen atoms in total. The third-order valence-electron chi connectivity index (χ3n) is 2.79. The quantitative estimate of drug-likeness (QED) is 0.766. The van der Waals surface area contributed by atoms with Crippen molar-refractivity contribution in [3.8, 4) is 0 Å². The van der Waals surface area contributed by atoms with Crippen LogP contribution in [-0.4, -0.2) is 28.7 Å². The summed E-state index contributed by atoms with van der Waals surface area (Å²) in [6.45, 7) is 2.11. The first-order valence-electron chi connectivity index (χ1n) is 5.38. The van der Waals surface area contributed by atoms with Gasteiger partial charge in [-0.3, -0.25) is 4.79 Å². The lowest BCUT2D eigenvalue weighted by Crippen LogP contribution is -2.62. The number of rotatable bonds is 3. The van der Waals surface area contributed by atoms with Gasteiger partial charge in [-0.25, -0.2) is 4.79 Å². The molecule has 0 radical (unpaired) electrons. The smallest absolute Gasteiger partial charge is 0.422 e. The van der Waals surface area contributed by atoms with Crippen LogP contribution >= 0.6 is 22.6 Å². The van der Waals surface area contributed by atoms with E-state index in [4.69, 9.17) is 5.11 Å². The highest BCUT2D eigenvalue weighted by molar-refractivity contribution is 14.1. The molecule has 1 unspecified atom stereocenters. The number of carboxylic acids is 1. The van der Waals surface area contributed by atoms with Gasteiger partial charge in [-0.1, -0.05) is 12.1 Å². The van der Waals surface area contributed by atoms with Gasteiger partial charge in [-0.05, 0) is 48.1 Å². The summed E-state index contributed by atoms with van der Waals surface area (Å²) in [6.07, 6.45) is -5.11. The average molecular weight is 401 g/mol. The van der Waals surface area contributed by atoms with E-state index >= 15 is 0 Å². The van der Waals surface area contributed by atoms with Gasteiger partial charge in [0.25, 0.3) is 5.91 Å². The van der Waals surface area contributed by atoms with E-state index < -0.39 is 23.6 Å². The van der Waals surface area contributed by atoms with Crippen LogP contribution in [0, 0.1) is 10.5 Å². The number of hydrogen-bond donors (Lipinski definition) is 2. The van der Waals surface area contributed by atoms with E-state index in [9.17, 15) is 22.8 Å². The summed E-state index contributed by atoms with van der Waals surface area (Å²) in [5.41, 5.74) is -2.62. The zero-order valence-corrected chi connectivity index (χ0v) is 12.7. The highest BCUT2D eigenvalue weighted by Crippen LogP contribution is 2.31. The van der Waals surface area contributed by atoms with Gasteiger partial charge < -0.3 is 10.4 Å². The molecule has 0 heterocycles. The van der Waals surface area contributed by atoms with Crippen molar-refractivity contribution in [2.75, 3.05) is 0 Å². The molecule has 0 spiro atoms. The largest absolute Gasteiger partial charge is 0.479 e. The van der Waals surface area contributed by atoms with Crippen molar-refractivity contribution in [1.82, 2.24) is 5.32 Å². The summed E-state index contributed by atoms with van der Waals surface area (Å²) in [6, 6.07) is 4.54. The average Bonchev–Trinajstić information content (AvgIpc) is 2.30. The summed E-state index contributed by atoms with van der Waals surface area (Å²) in [4.78, 5) is 22.8. The maximum atomic E-state index is 12.8. The standard InChI is InChI=1S/C12H11F3INO3/c1-6-4-3-5-7(8(6)16)9(18)17-11(2,10(19)20)12(13,14)15/h3-5H,1-2H3,(H,17,18)(H,19,20). The topological polar surface area (TPSA) is 66.4 Å². The minimum absolute atomic E-state index is 0.00215. The summed E-state index contributed by atoms with van der Waals surface area (Å²) in [7, 11) is 0. The Hall–Kier alpha value is -1.32. The van der Waals surface area contributed by atoms with Crippen molar-refractivity contribution in [2.45, 2.75) is 25.6 Å². The Kier molecular flexibility index (Phi) is 4.67. The second kappa shape index (κ2) is 5.58. The van der Waals surface area contributed by atoms with Gasteiger partial charge in [-0.15, -0.1) is 0 Å². The number of carbonyl (C=O) groups is 2. The number of carboxylic acid groups (broad SMARTS) is 1. The van der Waals surface area contributed by atoms with Crippen LogP contribution in [0.3, 0.4) is 0 Å². The molecule has 1 amide bonds. The Morgan fingerprint density at radius 3 is 2.30 bits per heavy atom. The van der Waals surface area contributed by atoms with Crippen LogP contribution < -0.4 is 5.32 Å². The number of alkyl halides is 3. The molecule has 0 aliphatic rings. The van der Waals surface area contributed by atoms with E-state index in [-0.39, 0.29) is 5.56 Å². The van der Waals surface area contributed by atoms with Gasteiger partial charge in [0.2, 0.25) is 5.54 Å². The molecular formula is C12H11F3INO3.